The Labute approximate surface area is 87.8 Å². The molecule has 1 aliphatic heterocycles. The molecular weight excluding hydrogens is 196 g/mol. The number of esters is 1. The number of methoxy groups -OCH3 is 2. The first kappa shape index (κ1) is 9.83. The Kier molecular flexibility index (Phi) is 2.49. The van der Waals surface area contributed by atoms with Gasteiger partial charge in [-0.05, 0) is 18.6 Å². The van der Waals surface area contributed by atoms with E-state index in [4.69, 9.17) is 14.2 Å². The standard InChI is InChI=1S/C11H12O4/c1-13-8-4-5-9(14-2)11-7(8)3-6-10(12)15-11/h4-5H,3,6H2,1-2H3. The van der Waals surface area contributed by atoms with E-state index in [9.17, 15) is 4.79 Å². The summed E-state index contributed by atoms with van der Waals surface area (Å²) in [6.07, 6.45) is 1.02. The molecule has 1 aromatic carbocycles. The molecule has 0 aromatic heterocycles. The van der Waals surface area contributed by atoms with Gasteiger partial charge in [0.1, 0.15) is 5.75 Å². The van der Waals surface area contributed by atoms with Crippen LogP contribution in [0.15, 0.2) is 12.1 Å². The molecule has 0 N–H and O–H groups in total. The Morgan fingerprint density at radius 1 is 1.13 bits per heavy atom. The third kappa shape index (κ3) is 1.63. The Balaban J connectivity index is 2.53. The number of carbonyl (C=O) groups excluding carboxylic acids is 1. The second kappa shape index (κ2) is 3.81. The third-order valence-corrected chi connectivity index (χ3v) is 2.42. The van der Waals surface area contributed by atoms with E-state index in [1.54, 1.807) is 20.3 Å². The molecule has 15 heavy (non-hydrogen) atoms. The number of hydrogen-bond acceptors (Lipinski definition) is 4. The molecule has 80 valence electrons. The fourth-order valence-electron chi connectivity index (χ4n) is 1.68. The topological polar surface area (TPSA) is 44.8 Å². The summed E-state index contributed by atoms with van der Waals surface area (Å²) in [5.41, 5.74) is 0.899. The van der Waals surface area contributed by atoms with Gasteiger partial charge in [-0.15, -0.1) is 0 Å². The zero-order valence-electron chi connectivity index (χ0n) is 8.70. The quantitative estimate of drug-likeness (QED) is 0.546. The maximum absolute atomic E-state index is 11.2. The molecule has 1 aromatic rings. The highest BCUT2D eigenvalue weighted by molar-refractivity contribution is 5.77. The average molecular weight is 208 g/mol. The largest absolute Gasteiger partial charge is 0.496 e. The van der Waals surface area contributed by atoms with E-state index in [0.29, 0.717) is 24.3 Å². The zero-order chi connectivity index (χ0) is 10.8. The van der Waals surface area contributed by atoms with Gasteiger partial charge in [-0.25, -0.2) is 0 Å². The van der Waals surface area contributed by atoms with Crippen molar-refractivity contribution in [3.8, 4) is 17.2 Å². The third-order valence-electron chi connectivity index (χ3n) is 2.42. The molecule has 2 rings (SSSR count). The lowest BCUT2D eigenvalue weighted by Crippen LogP contribution is -2.17. The Hall–Kier alpha value is -1.71. The maximum atomic E-state index is 11.2. The maximum Gasteiger partial charge on any atom is 0.311 e. The van der Waals surface area contributed by atoms with Gasteiger partial charge < -0.3 is 14.2 Å². The van der Waals surface area contributed by atoms with Crippen molar-refractivity contribution in [1.29, 1.82) is 0 Å². The minimum absolute atomic E-state index is 0.228. The van der Waals surface area contributed by atoms with Crippen molar-refractivity contribution < 1.29 is 19.0 Å². The van der Waals surface area contributed by atoms with Gasteiger partial charge in [0, 0.05) is 5.56 Å². The lowest BCUT2D eigenvalue weighted by molar-refractivity contribution is -0.135. The molecule has 0 aliphatic carbocycles. The van der Waals surface area contributed by atoms with Crippen LogP contribution in [0.3, 0.4) is 0 Å². The molecule has 0 unspecified atom stereocenters. The molecule has 0 saturated carbocycles. The first-order valence-corrected chi connectivity index (χ1v) is 4.70. The van der Waals surface area contributed by atoms with Gasteiger partial charge in [0.15, 0.2) is 11.5 Å². The van der Waals surface area contributed by atoms with Crippen molar-refractivity contribution >= 4 is 5.97 Å². The van der Waals surface area contributed by atoms with Crippen LogP contribution in [0.1, 0.15) is 12.0 Å². The normalized spacial score (nSPS) is 14.1. The zero-order valence-corrected chi connectivity index (χ0v) is 8.70. The predicted octanol–water partition coefficient (Wildman–Crippen LogP) is 1.56. The Bertz CT molecular complexity index is 398. The highest BCUT2D eigenvalue weighted by Crippen LogP contribution is 2.40. The molecule has 1 heterocycles. The second-order valence-electron chi connectivity index (χ2n) is 3.25. The van der Waals surface area contributed by atoms with E-state index < -0.39 is 0 Å². The summed E-state index contributed by atoms with van der Waals surface area (Å²) in [5.74, 6) is 1.57. The van der Waals surface area contributed by atoms with Crippen LogP contribution in [-0.2, 0) is 11.2 Å². The van der Waals surface area contributed by atoms with Crippen molar-refractivity contribution in [2.24, 2.45) is 0 Å². The minimum Gasteiger partial charge on any atom is -0.496 e. The monoisotopic (exact) mass is 208 g/mol. The first-order valence-electron chi connectivity index (χ1n) is 4.70. The van der Waals surface area contributed by atoms with Crippen molar-refractivity contribution in [3.05, 3.63) is 17.7 Å². The van der Waals surface area contributed by atoms with Gasteiger partial charge in [-0.2, -0.15) is 0 Å². The first-order chi connectivity index (χ1) is 7.26. The van der Waals surface area contributed by atoms with Crippen molar-refractivity contribution in [1.82, 2.24) is 0 Å². The van der Waals surface area contributed by atoms with E-state index in [0.717, 1.165) is 11.3 Å². The molecule has 0 amide bonds. The van der Waals surface area contributed by atoms with Crippen LogP contribution >= 0.6 is 0 Å². The van der Waals surface area contributed by atoms with E-state index in [2.05, 4.69) is 0 Å². The second-order valence-corrected chi connectivity index (χ2v) is 3.25. The van der Waals surface area contributed by atoms with Crippen LogP contribution in [0.25, 0.3) is 0 Å². The van der Waals surface area contributed by atoms with Gasteiger partial charge in [-0.1, -0.05) is 0 Å². The summed E-state index contributed by atoms with van der Waals surface area (Å²) < 4.78 is 15.5. The van der Waals surface area contributed by atoms with Gasteiger partial charge in [0.05, 0.1) is 20.6 Å². The summed E-state index contributed by atoms with van der Waals surface area (Å²) in [6.45, 7) is 0. The van der Waals surface area contributed by atoms with Gasteiger partial charge in [0.2, 0.25) is 0 Å². The molecule has 0 radical (unpaired) electrons. The highest BCUT2D eigenvalue weighted by Gasteiger charge is 2.24. The number of hydrogen-bond donors (Lipinski definition) is 0. The summed E-state index contributed by atoms with van der Waals surface area (Å²) in [6, 6.07) is 3.55. The number of benzene rings is 1. The molecule has 0 spiro atoms. The predicted molar refractivity (Wildman–Crippen MR) is 53.5 cm³/mol. The van der Waals surface area contributed by atoms with Crippen LogP contribution in [0.2, 0.25) is 0 Å². The van der Waals surface area contributed by atoms with Crippen LogP contribution in [0.4, 0.5) is 0 Å². The van der Waals surface area contributed by atoms with Gasteiger partial charge in [-0.3, -0.25) is 4.79 Å². The fourth-order valence-corrected chi connectivity index (χ4v) is 1.68. The van der Waals surface area contributed by atoms with E-state index in [1.807, 2.05) is 6.07 Å². The molecule has 0 bridgehead atoms. The Morgan fingerprint density at radius 3 is 2.47 bits per heavy atom. The number of ether oxygens (including phenoxy) is 3. The van der Waals surface area contributed by atoms with E-state index >= 15 is 0 Å². The molecule has 1 aliphatic rings. The number of fused-ring (bicyclic) bond motifs is 1. The van der Waals surface area contributed by atoms with Gasteiger partial charge >= 0.3 is 5.97 Å². The summed E-state index contributed by atoms with van der Waals surface area (Å²) in [4.78, 5) is 11.2. The SMILES string of the molecule is COc1ccc(OC)c2c1CCC(=O)O2. The lowest BCUT2D eigenvalue weighted by Gasteiger charge is -2.20. The highest BCUT2D eigenvalue weighted by atomic mass is 16.6. The Morgan fingerprint density at radius 2 is 1.80 bits per heavy atom. The molecule has 0 atom stereocenters. The minimum atomic E-state index is -0.228. The molecular formula is C11H12O4. The lowest BCUT2D eigenvalue weighted by atomic mass is 10.0. The van der Waals surface area contributed by atoms with E-state index in [-0.39, 0.29) is 5.97 Å². The van der Waals surface area contributed by atoms with Crippen molar-refractivity contribution in [3.63, 3.8) is 0 Å². The fraction of sp³-hybridized carbons (Fsp3) is 0.364. The van der Waals surface area contributed by atoms with Gasteiger partial charge in [0.25, 0.3) is 0 Å². The molecule has 4 nitrogen and oxygen atoms in total. The summed E-state index contributed by atoms with van der Waals surface area (Å²) in [7, 11) is 3.14. The van der Waals surface area contributed by atoms with Crippen LogP contribution in [-0.4, -0.2) is 20.2 Å². The van der Waals surface area contributed by atoms with Crippen molar-refractivity contribution in [2.45, 2.75) is 12.8 Å². The van der Waals surface area contributed by atoms with E-state index in [1.165, 1.54) is 0 Å². The smallest absolute Gasteiger partial charge is 0.311 e. The summed E-state index contributed by atoms with van der Waals surface area (Å²) in [5, 5.41) is 0. The molecule has 0 saturated heterocycles. The number of rotatable bonds is 2. The average Bonchev–Trinajstić information content (AvgIpc) is 2.27. The van der Waals surface area contributed by atoms with Crippen LogP contribution in [0, 0.1) is 0 Å². The van der Waals surface area contributed by atoms with Crippen molar-refractivity contribution in [2.75, 3.05) is 14.2 Å². The summed E-state index contributed by atoms with van der Waals surface area (Å²) >= 11 is 0. The number of carbonyl (C=O) groups is 1. The van der Waals surface area contributed by atoms with Crippen LogP contribution in [0.5, 0.6) is 17.2 Å². The molecule has 4 heteroatoms. The van der Waals surface area contributed by atoms with Crippen LogP contribution < -0.4 is 14.2 Å². The molecule has 0 fully saturated rings.